The van der Waals surface area contributed by atoms with Gasteiger partial charge in [-0.05, 0) is 60.4 Å². The molecule has 0 saturated heterocycles. The molecule has 2 aromatic carbocycles. The number of benzene rings is 2. The third-order valence-corrected chi connectivity index (χ3v) is 4.90. The van der Waals surface area contributed by atoms with Crippen molar-refractivity contribution in [3.05, 3.63) is 70.1 Å². The number of pyridine rings is 1. The molecule has 1 fully saturated rings. The van der Waals surface area contributed by atoms with Gasteiger partial charge in [-0.25, -0.2) is 0 Å². The van der Waals surface area contributed by atoms with Crippen LogP contribution in [0.25, 0.3) is 21.9 Å². The predicted molar refractivity (Wildman–Crippen MR) is 92.5 cm³/mol. The monoisotopic (exact) mass is 305 g/mol. The molecule has 2 N–H and O–H groups in total. The molecule has 4 rings (SSSR count). The van der Waals surface area contributed by atoms with Gasteiger partial charge in [0.05, 0.1) is 11.0 Å². The fourth-order valence-corrected chi connectivity index (χ4v) is 3.47. The molecule has 1 heterocycles. The molecule has 0 unspecified atom stereocenters. The summed E-state index contributed by atoms with van der Waals surface area (Å²) in [6.45, 7) is 1.89. The summed E-state index contributed by atoms with van der Waals surface area (Å²) < 4.78 is 0. The van der Waals surface area contributed by atoms with Crippen molar-refractivity contribution in [2.45, 2.75) is 31.8 Å². The number of rotatable bonds is 2. The number of H-pyrrole nitrogens is 1. The fraction of sp³-hybridized carbons (Fsp3) is 0.250. The minimum Gasteiger partial charge on any atom is -0.385 e. The summed E-state index contributed by atoms with van der Waals surface area (Å²) in [6, 6.07) is 15.9. The largest absolute Gasteiger partial charge is 0.385 e. The van der Waals surface area contributed by atoms with Crippen LogP contribution in [-0.4, -0.2) is 10.1 Å². The number of aliphatic hydroxyl groups is 1. The van der Waals surface area contributed by atoms with Crippen molar-refractivity contribution < 1.29 is 5.11 Å². The molecule has 3 aromatic rings. The van der Waals surface area contributed by atoms with Gasteiger partial charge in [0.15, 0.2) is 0 Å². The Morgan fingerprint density at radius 1 is 1.09 bits per heavy atom. The zero-order valence-corrected chi connectivity index (χ0v) is 13.1. The third kappa shape index (κ3) is 2.28. The van der Waals surface area contributed by atoms with Crippen molar-refractivity contribution in [1.82, 2.24) is 4.98 Å². The summed E-state index contributed by atoms with van der Waals surface area (Å²) in [6.07, 6.45) is 2.69. The van der Waals surface area contributed by atoms with Crippen LogP contribution in [-0.2, 0) is 5.60 Å². The highest BCUT2D eigenvalue weighted by atomic mass is 16.3. The topological polar surface area (TPSA) is 53.1 Å². The van der Waals surface area contributed by atoms with Crippen molar-refractivity contribution >= 4 is 10.8 Å². The Morgan fingerprint density at radius 2 is 1.87 bits per heavy atom. The molecule has 1 aromatic heterocycles. The molecule has 3 nitrogen and oxygen atoms in total. The zero-order chi connectivity index (χ0) is 16.0. The maximum Gasteiger partial charge on any atom is 0.256 e. The van der Waals surface area contributed by atoms with Crippen LogP contribution >= 0.6 is 0 Å². The van der Waals surface area contributed by atoms with Gasteiger partial charge in [-0.15, -0.1) is 0 Å². The molecule has 0 radical (unpaired) electrons. The average molecular weight is 305 g/mol. The van der Waals surface area contributed by atoms with E-state index in [2.05, 4.69) is 4.98 Å². The van der Waals surface area contributed by atoms with Gasteiger partial charge in [0, 0.05) is 5.69 Å². The Morgan fingerprint density at radius 3 is 2.61 bits per heavy atom. The Bertz CT molecular complexity index is 951. The lowest BCUT2D eigenvalue weighted by Gasteiger charge is -2.37. The van der Waals surface area contributed by atoms with Crippen molar-refractivity contribution in [1.29, 1.82) is 0 Å². The first-order chi connectivity index (χ1) is 11.1. The van der Waals surface area contributed by atoms with E-state index < -0.39 is 5.60 Å². The molecule has 0 spiro atoms. The van der Waals surface area contributed by atoms with Gasteiger partial charge >= 0.3 is 0 Å². The number of aromatic amines is 1. The Kier molecular flexibility index (Phi) is 3.13. The third-order valence-electron chi connectivity index (χ3n) is 4.90. The van der Waals surface area contributed by atoms with E-state index in [9.17, 15) is 9.90 Å². The van der Waals surface area contributed by atoms with E-state index in [1.807, 2.05) is 55.5 Å². The first-order valence-electron chi connectivity index (χ1n) is 8.03. The summed E-state index contributed by atoms with van der Waals surface area (Å²) in [5, 5.41) is 12.2. The molecular weight excluding hydrogens is 286 g/mol. The number of aromatic nitrogens is 1. The molecule has 1 aliphatic carbocycles. The number of fused-ring (bicyclic) bond motifs is 1. The molecule has 116 valence electrons. The standard InChI is InChI=1S/C20H19NO2/c1-13-11-15-6-3-8-17(18(15)19(22)21-13)14-5-2-7-16(12-14)20(23)9-4-10-20/h2-3,5-8,11-12,23H,4,9-10H2,1H3,(H,21,22). The van der Waals surface area contributed by atoms with Crippen molar-refractivity contribution in [2.24, 2.45) is 0 Å². The van der Waals surface area contributed by atoms with E-state index in [0.717, 1.165) is 47.0 Å². The first-order valence-corrected chi connectivity index (χ1v) is 8.03. The van der Waals surface area contributed by atoms with E-state index in [1.54, 1.807) is 0 Å². The van der Waals surface area contributed by atoms with Crippen LogP contribution in [0.3, 0.4) is 0 Å². The highest BCUT2D eigenvalue weighted by Crippen LogP contribution is 2.42. The number of hydrogen-bond donors (Lipinski definition) is 2. The highest BCUT2D eigenvalue weighted by Gasteiger charge is 2.36. The molecule has 0 amide bonds. The Labute approximate surface area is 134 Å². The second-order valence-electron chi connectivity index (χ2n) is 6.52. The van der Waals surface area contributed by atoms with Crippen LogP contribution in [0.1, 0.15) is 30.5 Å². The lowest BCUT2D eigenvalue weighted by atomic mass is 9.74. The van der Waals surface area contributed by atoms with Crippen LogP contribution in [0.4, 0.5) is 0 Å². The quantitative estimate of drug-likeness (QED) is 0.755. The Hall–Kier alpha value is -2.39. The SMILES string of the molecule is Cc1cc2cccc(-c3cccc(C4(O)CCC4)c3)c2c(=O)[nH]1. The summed E-state index contributed by atoms with van der Waals surface area (Å²) >= 11 is 0. The molecule has 0 bridgehead atoms. The van der Waals surface area contributed by atoms with E-state index in [4.69, 9.17) is 0 Å². The summed E-state index contributed by atoms with van der Waals surface area (Å²) in [4.78, 5) is 15.3. The molecule has 23 heavy (non-hydrogen) atoms. The second-order valence-corrected chi connectivity index (χ2v) is 6.52. The summed E-state index contributed by atoms with van der Waals surface area (Å²) in [5.74, 6) is 0. The van der Waals surface area contributed by atoms with Gasteiger partial charge < -0.3 is 10.1 Å². The van der Waals surface area contributed by atoms with Crippen LogP contribution in [0.15, 0.2) is 53.3 Å². The zero-order valence-electron chi connectivity index (χ0n) is 13.1. The molecule has 0 aliphatic heterocycles. The van der Waals surface area contributed by atoms with E-state index in [-0.39, 0.29) is 5.56 Å². The normalized spacial score (nSPS) is 16.3. The van der Waals surface area contributed by atoms with Gasteiger partial charge in [0.1, 0.15) is 0 Å². The number of aryl methyl sites for hydroxylation is 1. The minimum atomic E-state index is -0.691. The maximum absolute atomic E-state index is 12.4. The first kappa shape index (κ1) is 14.2. The van der Waals surface area contributed by atoms with Crippen molar-refractivity contribution in [2.75, 3.05) is 0 Å². The van der Waals surface area contributed by atoms with Gasteiger partial charge in [-0.1, -0.05) is 36.4 Å². The van der Waals surface area contributed by atoms with E-state index >= 15 is 0 Å². The van der Waals surface area contributed by atoms with Gasteiger partial charge in [-0.3, -0.25) is 4.79 Å². The smallest absolute Gasteiger partial charge is 0.256 e. The summed E-state index contributed by atoms with van der Waals surface area (Å²) in [7, 11) is 0. The molecule has 3 heteroatoms. The molecular formula is C20H19NO2. The lowest BCUT2D eigenvalue weighted by Crippen LogP contribution is -2.33. The average Bonchev–Trinajstić information content (AvgIpc) is 2.52. The number of hydrogen-bond acceptors (Lipinski definition) is 2. The van der Waals surface area contributed by atoms with Crippen LogP contribution in [0, 0.1) is 6.92 Å². The molecule has 0 atom stereocenters. The summed E-state index contributed by atoms with van der Waals surface area (Å²) in [5.41, 5.74) is 2.93. The Balaban J connectivity index is 1.93. The van der Waals surface area contributed by atoms with E-state index in [0.29, 0.717) is 5.39 Å². The minimum absolute atomic E-state index is 0.0663. The molecule has 1 saturated carbocycles. The van der Waals surface area contributed by atoms with Crippen LogP contribution in [0.5, 0.6) is 0 Å². The van der Waals surface area contributed by atoms with Gasteiger partial charge in [0.2, 0.25) is 0 Å². The highest BCUT2D eigenvalue weighted by molar-refractivity contribution is 5.96. The van der Waals surface area contributed by atoms with Gasteiger partial charge in [0.25, 0.3) is 5.56 Å². The van der Waals surface area contributed by atoms with E-state index in [1.165, 1.54) is 0 Å². The van der Waals surface area contributed by atoms with Crippen molar-refractivity contribution in [3.8, 4) is 11.1 Å². The maximum atomic E-state index is 12.4. The van der Waals surface area contributed by atoms with Crippen LogP contribution < -0.4 is 5.56 Å². The van der Waals surface area contributed by atoms with Crippen LogP contribution in [0.2, 0.25) is 0 Å². The number of nitrogens with one attached hydrogen (secondary N) is 1. The fourth-order valence-electron chi connectivity index (χ4n) is 3.47. The van der Waals surface area contributed by atoms with Gasteiger partial charge in [-0.2, -0.15) is 0 Å². The second kappa shape index (κ2) is 5.07. The lowest BCUT2D eigenvalue weighted by molar-refractivity contribution is -0.0387. The molecule has 1 aliphatic rings. The van der Waals surface area contributed by atoms with Crippen molar-refractivity contribution in [3.63, 3.8) is 0 Å². The predicted octanol–water partition coefficient (Wildman–Crippen LogP) is 3.88.